The summed E-state index contributed by atoms with van der Waals surface area (Å²) in [6.07, 6.45) is 0.836. The van der Waals surface area contributed by atoms with Crippen molar-refractivity contribution >= 4 is 11.6 Å². The minimum atomic E-state index is -0.491. The van der Waals surface area contributed by atoms with Crippen LogP contribution < -0.4 is 15.2 Å². The van der Waals surface area contributed by atoms with Crippen molar-refractivity contribution in [2.75, 3.05) is 6.61 Å². The van der Waals surface area contributed by atoms with Crippen molar-refractivity contribution in [1.29, 1.82) is 0 Å². The van der Waals surface area contributed by atoms with Crippen LogP contribution in [-0.4, -0.2) is 12.6 Å². The van der Waals surface area contributed by atoms with E-state index in [0.29, 0.717) is 29.0 Å². The molecule has 2 N–H and O–H groups in total. The van der Waals surface area contributed by atoms with E-state index in [1.165, 1.54) is 6.07 Å². The summed E-state index contributed by atoms with van der Waals surface area (Å²) in [6.45, 7) is 4.49. The van der Waals surface area contributed by atoms with Crippen molar-refractivity contribution in [2.45, 2.75) is 26.3 Å². The Morgan fingerprint density at radius 2 is 1.83 bits per heavy atom. The largest absolute Gasteiger partial charge is 0.488 e. The molecule has 3 nitrogen and oxygen atoms in total. The van der Waals surface area contributed by atoms with Gasteiger partial charge in [-0.05, 0) is 48.7 Å². The second-order valence-corrected chi connectivity index (χ2v) is 6.26. The maximum atomic E-state index is 14.1. The first-order valence-corrected chi connectivity index (χ1v) is 7.94. The zero-order valence-electron chi connectivity index (χ0n) is 13.3. The van der Waals surface area contributed by atoms with E-state index < -0.39 is 5.82 Å². The molecule has 2 aromatic carbocycles. The third-order valence-electron chi connectivity index (χ3n) is 3.19. The molecule has 0 unspecified atom stereocenters. The normalized spacial score (nSPS) is 12.3. The van der Waals surface area contributed by atoms with Gasteiger partial charge in [-0.1, -0.05) is 31.5 Å². The number of para-hydroxylation sites is 1. The van der Waals surface area contributed by atoms with Gasteiger partial charge in [-0.2, -0.15) is 0 Å². The van der Waals surface area contributed by atoms with Crippen molar-refractivity contribution in [3.05, 3.63) is 53.3 Å². The highest BCUT2D eigenvalue weighted by molar-refractivity contribution is 6.30. The van der Waals surface area contributed by atoms with Gasteiger partial charge in [0.25, 0.3) is 0 Å². The molecule has 0 aliphatic carbocycles. The van der Waals surface area contributed by atoms with E-state index in [2.05, 4.69) is 13.8 Å². The van der Waals surface area contributed by atoms with Crippen molar-refractivity contribution in [1.82, 2.24) is 0 Å². The fourth-order valence-corrected chi connectivity index (χ4v) is 2.32. The van der Waals surface area contributed by atoms with Crippen LogP contribution in [0.15, 0.2) is 42.5 Å². The molecule has 0 saturated heterocycles. The number of rotatable bonds is 7. The summed E-state index contributed by atoms with van der Waals surface area (Å²) >= 11 is 5.83. The Morgan fingerprint density at radius 3 is 2.48 bits per heavy atom. The van der Waals surface area contributed by atoms with Gasteiger partial charge >= 0.3 is 0 Å². The number of hydrogen-bond donors (Lipinski definition) is 1. The molecule has 124 valence electrons. The van der Waals surface area contributed by atoms with Crippen LogP contribution in [0, 0.1) is 11.7 Å². The first-order chi connectivity index (χ1) is 11.0. The van der Waals surface area contributed by atoms with Gasteiger partial charge < -0.3 is 15.2 Å². The molecule has 0 aliphatic heterocycles. The monoisotopic (exact) mass is 337 g/mol. The summed E-state index contributed by atoms with van der Waals surface area (Å²) in [5.41, 5.74) is 6.01. The zero-order chi connectivity index (χ0) is 16.8. The van der Waals surface area contributed by atoms with E-state index in [1.807, 2.05) is 0 Å². The Bertz CT molecular complexity index is 631. The minimum absolute atomic E-state index is 0.0477. The summed E-state index contributed by atoms with van der Waals surface area (Å²) in [7, 11) is 0. The lowest BCUT2D eigenvalue weighted by atomic mass is 10.1. The molecule has 23 heavy (non-hydrogen) atoms. The van der Waals surface area contributed by atoms with Gasteiger partial charge in [-0.3, -0.25) is 0 Å². The van der Waals surface area contributed by atoms with Crippen molar-refractivity contribution in [3.63, 3.8) is 0 Å². The second kappa shape index (κ2) is 8.18. The van der Waals surface area contributed by atoms with Crippen LogP contribution in [0.1, 0.15) is 20.3 Å². The highest BCUT2D eigenvalue weighted by atomic mass is 35.5. The van der Waals surface area contributed by atoms with Gasteiger partial charge in [0, 0.05) is 11.1 Å². The molecule has 0 heterocycles. The SMILES string of the molecule is CC(C)C[C@H](N)COc1cccc(F)c1Oc1ccc(Cl)cc1. The highest BCUT2D eigenvalue weighted by Crippen LogP contribution is 2.34. The van der Waals surface area contributed by atoms with Crippen LogP contribution >= 0.6 is 11.6 Å². The van der Waals surface area contributed by atoms with Gasteiger partial charge in [0.05, 0.1) is 0 Å². The number of halogens is 2. The number of hydrogen-bond acceptors (Lipinski definition) is 3. The van der Waals surface area contributed by atoms with Crippen LogP contribution in [0.2, 0.25) is 5.02 Å². The van der Waals surface area contributed by atoms with E-state index in [9.17, 15) is 4.39 Å². The van der Waals surface area contributed by atoms with E-state index in [4.69, 9.17) is 26.8 Å². The smallest absolute Gasteiger partial charge is 0.204 e. The summed E-state index contributed by atoms with van der Waals surface area (Å²) in [4.78, 5) is 0. The molecule has 0 saturated carbocycles. The third-order valence-corrected chi connectivity index (χ3v) is 3.44. The molecule has 0 bridgehead atoms. The topological polar surface area (TPSA) is 44.5 Å². The lowest BCUT2D eigenvalue weighted by molar-refractivity contribution is 0.259. The van der Waals surface area contributed by atoms with Crippen LogP contribution in [0.3, 0.4) is 0 Å². The first-order valence-electron chi connectivity index (χ1n) is 7.56. The lowest BCUT2D eigenvalue weighted by Gasteiger charge is -2.17. The lowest BCUT2D eigenvalue weighted by Crippen LogP contribution is -2.29. The Balaban J connectivity index is 2.11. The molecule has 0 radical (unpaired) electrons. The minimum Gasteiger partial charge on any atom is -0.488 e. The second-order valence-electron chi connectivity index (χ2n) is 5.82. The number of benzene rings is 2. The summed E-state index contributed by atoms with van der Waals surface area (Å²) in [5, 5.41) is 0.585. The van der Waals surface area contributed by atoms with Crippen LogP contribution in [0.4, 0.5) is 4.39 Å². The molecule has 0 aromatic heterocycles. The standard InChI is InChI=1S/C18H21ClFNO2/c1-12(2)10-14(21)11-22-17-5-3-4-16(20)18(17)23-15-8-6-13(19)7-9-15/h3-9,12,14H,10-11,21H2,1-2H3/t14-/m0/s1. The van der Waals surface area contributed by atoms with Gasteiger partial charge in [-0.15, -0.1) is 0 Å². The fourth-order valence-electron chi connectivity index (χ4n) is 2.19. The Kier molecular flexibility index (Phi) is 6.25. The summed E-state index contributed by atoms with van der Waals surface area (Å²) < 4.78 is 25.4. The van der Waals surface area contributed by atoms with Gasteiger partial charge in [0.2, 0.25) is 5.75 Å². The number of ether oxygens (including phenoxy) is 2. The van der Waals surface area contributed by atoms with Gasteiger partial charge in [0.1, 0.15) is 12.4 Å². The van der Waals surface area contributed by atoms with E-state index >= 15 is 0 Å². The maximum Gasteiger partial charge on any atom is 0.204 e. The molecule has 0 aliphatic rings. The molecular weight excluding hydrogens is 317 g/mol. The molecule has 2 aromatic rings. The molecule has 0 spiro atoms. The summed E-state index contributed by atoms with van der Waals surface area (Å²) in [5.74, 6) is 0.849. The average molecular weight is 338 g/mol. The highest BCUT2D eigenvalue weighted by Gasteiger charge is 2.14. The Labute approximate surface area is 141 Å². The van der Waals surface area contributed by atoms with E-state index in [-0.39, 0.29) is 11.8 Å². The van der Waals surface area contributed by atoms with Gasteiger partial charge in [0.15, 0.2) is 11.6 Å². The van der Waals surface area contributed by atoms with E-state index in [1.54, 1.807) is 36.4 Å². The molecular formula is C18H21ClFNO2. The Morgan fingerprint density at radius 1 is 1.13 bits per heavy atom. The average Bonchev–Trinajstić information content (AvgIpc) is 2.49. The molecule has 5 heteroatoms. The molecule has 2 rings (SSSR count). The van der Waals surface area contributed by atoms with Crippen molar-refractivity contribution in [2.24, 2.45) is 11.7 Å². The quantitative estimate of drug-likeness (QED) is 0.771. The van der Waals surface area contributed by atoms with Crippen LogP contribution in [0.5, 0.6) is 17.2 Å². The van der Waals surface area contributed by atoms with Crippen LogP contribution in [-0.2, 0) is 0 Å². The predicted octanol–water partition coefficient (Wildman–Crippen LogP) is 5.02. The molecule has 0 amide bonds. The zero-order valence-corrected chi connectivity index (χ0v) is 14.0. The van der Waals surface area contributed by atoms with Crippen molar-refractivity contribution < 1.29 is 13.9 Å². The fraction of sp³-hybridized carbons (Fsp3) is 0.333. The number of nitrogens with two attached hydrogens (primary N) is 1. The van der Waals surface area contributed by atoms with Gasteiger partial charge in [-0.25, -0.2) is 4.39 Å². The van der Waals surface area contributed by atoms with Crippen LogP contribution in [0.25, 0.3) is 0 Å². The molecule has 1 atom stereocenters. The first kappa shape index (κ1) is 17.6. The molecule has 0 fully saturated rings. The Hall–Kier alpha value is -1.78. The third kappa shape index (κ3) is 5.41. The van der Waals surface area contributed by atoms with E-state index in [0.717, 1.165) is 6.42 Å². The van der Waals surface area contributed by atoms with Crippen molar-refractivity contribution in [3.8, 4) is 17.2 Å². The predicted molar refractivity (Wildman–Crippen MR) is 90.9 cm³/mol. The maximum absolute atomic E-state index is 14.1. The summed E-state index contributed by atoms with van der Waals surface area (Å²) in [6, 6.07) is 11.2.